The monoisotopic (exact) mass is 432 g/mol. The summed E-state index contributed by atoms with van der Waals surface area (Å²) < 4.78 is 10.7. The first-order chi connectivity index (χ1) is 15.1. The first-order valence-corrected chi connectivity index (χ1v) is 10.2. The van der Waals surface area contributed by atoms with E-state index in [0.717, 1.165) is 16.9 Å². The zero-order valence-electron chi connectivity index (χ0n) is 17.0. The number of amides is 1. The van der Waals surface area contributed by atoms with Gasteiger partial charge >= 0.3 is 0 Å². The fourth-order valence-electron chi connectivity index (χ4n) is 3.25. The smallest absolute Gasteiger partial charge is 0.254 e. The molecule has 4 rings (SSSR count). The summed E-state index contributed by atoms with van der Waals surface area (Å²) in [5, 5.41) is 4.78. The van der Waals surface area contributed by atoms with Crippen LogP contribution in [0.1, 0.15) is 21.6 Å². The van der Waals surface area contributed by atoms with E-state index in [4.69, 9.17) is 20.9 Å². The van der Waals surface area contributed by atoms with Gasteiger partial charge in [0.05, 0.1) is 13.7 Å². The van der Waals surface area contributed by atoms with Crippen LogP contribution in [-0.2, 0) is 13.1 Å². The van der Waals surface area contributed by atoms with Crippen molar-refractivity contribution >= 4 is 17.5 Å². The lowest BCUT2D eigenvalue weighted by molar-refractivity contribution is 0.0726. The number of carbonyl (C=O) groups excluding carboxylic acids is 1. The molecule has 0 saturated heterocycles. The second kappa shape index (κ2) is 9.49. The summed E-state index contributed by atoms with van der Waals surface area (Å²) in [6.45, 7) is 0.767. The highest BCUT2D eigenvalue weighted by molar-refractivity contribution is 6.30. The molecular weight excluding hydrogens is 412 g/mol. The van der Waals surface area contributed by atoms with Crippen LogP contribution in [0.4, 0.5) is 0 Å². The maximum absolute atomic E-state index is 13.2. The molecule has 0 fully saturated rings. The highest BCUT2D eigenvalue weighted by Gasteiger charge is 2.19. The number of halogens is 1. The number of benzene rings is 3. The molecule has 3 aromatic carbocycles. The fourth-order valence-corrected chi connectivity index (χ4v) is 3.38. The van der Waals surface area contributed by atoms with Gasteiger partial charge in [0, 0.05) is 28.8 Å². The topological polar surface area (TPSA) is 55.6 Å². The van der Waals surface area contributed by atoms with Gasteiger partial charge in [-0.15, -0.1) is 0 Å². The predicted molar refractivity (Wildman–Crippen MR) is 120 cm³/mol. The second-order valence-corrected chi connectivity index (χ2v) is 7.50. The van der Waals surface area contributed by atoms with Gasteiger partial charge in [0.25, 0.3) is 5.91 Å². The van der Waals surface area contributed by atoms with Crippen LogP contribution >= 0.6 is 11.6 Å². The normalized spacial score (nSPS) is 10.6. The van der Waals surface area contributed by atoms with Gasteiger partial charge in [-0.05, 0) is 54.1 Å². The molecule has 4 aromatic rings. The summed E-state index contributed by atoms with van der Waals surface area (Å²) in [6.07, 6.45) is 0. The van der Waals surface area contributed by atoms with Crippen LogP contribution in [0.2, 0.25) is 5.02 Å². The maximum Gasteiger partial charge on any atom is 0.254 e. The van der Waals surface area contributed by atoms with Gasteiger partial charge in [-0.3, -0.25) is 4.79 Å². The Morgan fingerprint density at radius 1 is 0.968 bits per heavy atom. The lowest BCUT2D eigenvalue weighted by atomic mass is 10.1. The Labute approximate surface area is 185 Å². The van der Waals surface area contributed by atoms with Crippen molar-refractivity contribution in [2.24, 2.45) is 0 Å². The van der Waals surface area contributed by atoms with E-state index in [1.807, 2.05) is 60.7 Å². The standard InChI is InChI=1S/C25H21ClN2O3/c1-30-23-13-9-19(10-14-23)24-15-22(27-31-24)17-28(16-18-5-3-2-4-6-18)25(29)20-7-11-21(26)12-8-20/h2-15H,16-17H2,1H3. The van der Waals surface area contributed by atoms with Gasteiger partial charge in [0.1, 0.15) is 11.4 Å². The molecular formula is C25H21ClN2O3. The number of hydrogen-bond acceptors (Lipinski definition) is 4. The van der Waals surface area contributed by atoms with Crippen LogP contribution in [0.15, 0.2) is 89.5 Å². The minimum absolute atomic E-state index is 0.102. The number of hydrogen-bond donors (Lipinski definition) is 0. The Kier molecular flexibility index (Phi) is 6.34. The van der Waals surface area contributed by atoms with E-state index in [1.165, 1.54) is 0 Å². The largest absolute Gasteiger partial charge is 0.497 e. The predicted octanol–water partition coefficient (Wildman–Crippen LogP) is 5.85. The van der Waals surface area contributed by atoms with E-state index >= 15 is 0 Å². The van der Waals surface area contributed by atoms with Gasteiger partial charge in [0.2, 0.25) is 0 Å². The van der Waals surface area contributed by atoms with Crippen LogP contribution in [0, 0.1) is 0 Å². The summed E-state index contributed by atoms with van der Waals surface area (Å²) in [7, 11) is 1.63. The van der Waals surface area contributed by atoms with Gasteiger partial charge in [-0.25, -0.2) is 0 Å². The van der Waals surface area contributed by atoms with Crippen molar-refractivity contribution in [3.8, 4) is 17.1 Å². The Morgan fingerprint density at radius 2 is 1.68 bits per heavy atom. The molecule has 1 aromatic heterocycles. The van der Waals surface area contributed by atoms with E-state index < -0.39 is 0 Å². The van der Waals surface area contributed by atoms with Crippen molar-refractivity contribution in [3.63, 3.8) is 0 Å². The van der Waals surface area contributed by atoms with Crippen molar-refractivity contribution in [1.29, 1.82) is 0 Å². The summed E-state index contributed by atoms with van der Waals surface area (Å²) in [5.41, 5.74) is 3.16. The number of methoxy groups -OCH3 is 1. The first-order valence-electron chi connectivity index (χ1n) is 9.81. The minimum Gasteiger partial charge on any atom is -0.497 e. The van der Waals surface area contributed by atoms with Crippen molar-refractivity contribution in [2.75, 3.05) is 7.11 Å². The van der Waals surface area contributed by atoms with Gasteiger partial charge in [-0.1, -0.05) is 47.1 Å². The number of ether oxygens (including phenoxy) is 1. The third-order valence-electron chi connectivity index (χ3n) is 4.88. The molecule has 0 aliphatic rings. The number of aromatic nitrogens is 1. The summed E-state index contributed by atoms with van der Waals surface area (Å²) in [4.78, 5) is 15.0. The number of rotatable bonds is 7. The lowest BCUT2D eigenvalue weighted by Gasteiger charge is -2.22. The van der Waals surface area contributed by atoms with Gasteiger partial charge in [-0.2, -0.15) is 0 Å². The van der Waals surface area contributed by atoms with Crippen molar-refractivity contribution in [2.45, 2.75) is 13.1 Å². The Bertz CT molecular complexity index is 1140. The van der Waals surface area contributed by atoms with Crippen molar-refractivity contribution < 1.29 is 14.1 Å². The van der Waals surface area contributed by atoms with Crippen LogP contribution in [0.3, 0.4) is 0 Å². The molecule has 1 amide bonds. The number of nitrogens with zero attached hydrogens (tertiary/aromatic N) is 2. The first kappa shape index (κ1) is 20.7. The van der Waals surface area contributed by atoms with Crippen LogP contribution in [-0.4, -0.2) is 23.1 Å². The van der Waals surface area contributed by atoms with Crippen LogP contribution in [0.25, 0.3) is 11.3 Å². The van der Waals surface area contributed by atoms with Gasteiger partial charge < -0.3 is 14.2 Å². The average molecular weight is 433 g/mol. The third-order valence-corrected chi connectivity index (χ3v) is 5.13. The zero-order valence-corrected chi connectivity index (χ0v) is 17.8. The zero-order chi connectivity index (χ0) is 21.6. The summed E-state index contributed by atoms with van der Waals surface area (Å²) in [5.74, 6) is 1.30. The van der Waals surface area contributed by atoms with E-state index in [9.17, 15) is 4.79 Å². The SMILES string of the molecule is COc1ccc(-c2cc(CN(Cc3ccccc3)C(=O)c3ccc(Cl)cc3)no2)cc1. The van der Waals surface area contributed by atoms with E-state index in [-0.39, 0.29) is 5.91 Å². The minimum atomic E-state index is -0.102. The highest BCUT2D eigenvalue weighted by Crippen LogP contribution is 2.24. The quantitative estimate of drug-likeness (QED) is 0.367. The molecule has 0 unspecified atom stereocenters. The second-order valence-electron chi connectivity index (χ2n) is 7.06. The van der Waals surface area contributed by atoms with E-state index in [2.05, 4.69) is 5.16 Å². The van der Waals surface area contributed by atoms with E-state index in [1.54, 1.807) is 36.3 Å². The molecule has 0 aliphatic carbocycles. The average Bonchev–Trinajstić information content (AvgIpc) is 3.28. The van der Waals surface area contributed by atoms with Crippen molar-refractivity contribution in [3.05, 3.63) is 107 Å². The molecule has 1 heterocycles. The molecule has 0 spiro atoms. The molecule has 0 atom stereocenters. The van der Waals surface area contributed by atoms with Crippen LogP contribution in [0.5, 0.6) is 5.75 Å². The third kappa shape index (κ3) is 5.13. The van der Waals surface area contributed by atoms with Crippen molar-refractivity contribution in [1.82, 2.24) is 10.1 Å². The van der Waals surface area contributed by atoms with Crippen LogP contribution < -0.4 is 4.74 Å². The molecule has 0 saturated carbocycles. The molecule has 0 bridgehead atoms. The Hall–Kier alpha value is -3.57. The Balaban J connectivity index is 1.57. The molecule has 0 N–H and O–H groups in total. The van der Waals surface area contributed by atoms with Gasteiger partial charge in [0.15, 0.2) is 5.76 Å². The maximum atomic E-state index is 13.2. The molecule has 31 heavy (non-hydrogen) atoms. The molecule has 6 heteroatoms. The molecule has 156 valence electrons. The number of carbonyl (C=O) groups is 1. The Morgan fingerprint density at radius 3 is 2.35 bits per heavy atom. The molecule has 0 aliphatic heterocycles. The summed E-state index contributed by atoms with van der Waals surface area (Å²) >= 11 is 5.98. The van der Waals surface area contributed by atoms with E-state index in [0.29, 0.717) is 35.1 Å². The lowest BCUT2D eigenvalue weighted by Crippen LogP contribution is -2.30. The summed E-state index contributed by atoms with van der Waals surface area (Å²) in [6, 6.07) is 26.1. The highest BCUT2D eigenvalue weighted by atomic mass is 35.5. The molecule has 0 radical (unpaired) electrons. The fraction of sp³-hybridized carbons (Fsp3) is 0.120. The molecule has 5 nitrogen and oxygen atoms in total.